The van der Waals surface area contributed by atoms with Gasteiger partial charge >= 0.3 is 18.0 Å². The zero-order chi connectivity index (χ0) is 30.6. The summed E-state index contributed by atoms with van der Waals surface area (Å²) in [6.45, 7) is 8.17. The van der Waals surface area contributed by atoms with Crippen LogP contribution in [0.25, 0.3) is 11.1 Å². The fourth-order valence-electron chi connectivity index (χ4n) is 4.99. The summed E-state index contributed by atoms with van der Waals surface area (Å²) in [6.07, 6.45) is -10.7. The summed E-state index contributed by atoms with van der Waals surface area (Å²) in [5.41, 5.74) is 0.468. The van der Waals surface area contributed by atoms with Gasteiger partial charge in [0.25, 0.3) is 6.47 Å². The van der Waals surface area contributed by atoms with E-state index >= 15 is 0 Å². The van der Waals surface area contributed by atoms with E-state index in [4.69, 9.17) is 4.74 Å². The molecule has 0 heterocycles. The van der Waals surface area contributed by atoms with Gasteiger partial charge in [-0.15, -0.1) is 0 Å². The lowest BCUT2D eigenvalue weighted by molar-refractivity contribution is -0.343. The van der Waals surface area contributed by atoms with Gasteiger partial charge in [-0.25, -0.2) is 0 Å². The summed E-state index contributed by atoms with van der Waals surface area (Å²) >= 11 is 0. The highest BCUT2D eigenvalue weighted by Crippen LogP contribution is 2.43. The highest BCUT2D eigenvalue weighted by atomic mass is 19.4. The van der Waals surface area contributed by atoms with Crippen LogP contribution in [0.5, 0.6) is 0 Å². The van der Waals surface area contributed by atoms with Crippen LogP contribution in [0, 0.1) is 25.7 Å². The van der Waals surface area contributed by atoms with Crippen molar-refractivity contribution in [3.63, 3.8) is 0 Å². The van der Waals surface area contributed by atoms with E-state index in [9.17, 15) is 36.2 Å². The first-order valence-corrected chi connectivity index (χ1v) is 12.9. The number of carbonyl (C=O) groups is 1. The number of rotatable bonds is 8. The van der Waals surface area contributed by atoms with Gasteiger partial charge in [-0.2, -0.15) is 26.3 Å². The third-order valence-electron chi connectivity index (χ3n) is 7.55. The molecule has 41 heavy (non-hydrogen) atoms. The molecule has 9 heteroatoms. The number of aliphatic hydroxyl groups is 1. The molecular weight excluding hydrogens is 546 g/mol. The molecule has 0 aliphatic heterocycles. The third-order valence-corrected chi connectivity index (χ3v) is 7.55. The van der Waals surface area contributed by atoms with Crippen LogP contribution in [0.15, 0.2) is 60.7 Å². The smallest absolute Gasteiger partial charge is 0.438 e. The Morgan fingerprint density at radius 3 is 1.80 bits per heavy atom. The van der Waals surface area contributed by atoms with E-state index in [1.165, 1.54) is 6.07 Å². The summed E-state index contributed by atoms with van der Waals surface area (Å²) in [4.78, 5) is 10.4. The van der Waals surface area contributed by atoms with Gasteiger partial charge in [0.05, 0.1) is 0 Å². The first-order chi connectivity index (χ1) is 19.1. The van der Waals surface area contributed by atoms with Crippen molar-refractivity contribution in [3.05, 3.63) is 94.0 Å². The normalized spacial score (nSPS) is 12.5. The maximum Gasteiger partial charge on any atom is 0.438 e. The second-order valence-electron chi connectivity index (χ2n) is 9.91. The molecule has 0 saturated carbocycles. The Labute approximate surface area is 235 Å². The Hall–Kier alpha value is -3.77. The minimum atomic E-state index is -6.01. The van der Waals surface area contributed by atoms with E-state index in [2.05, 4.69) is 6.07 Å². The Balaban J connectivity index is 2.00. The molecule has 3 nitrogen and oxygen atoms in total. The number of alkyl halides is 6. The minimum Gasteiger partial charge on any atom is -0.463 e. The number of carbonyl (C=O) groups excluding carboxylic acids is 1. The second-order valence-corrected chi connectivity index (χ2v) is 9.91. The van der Waals surface area contributed by atoms with Crippen molar-refractivity contribution in [1.82, 2.24) is 0 Å². The molecule has 0 fully saturated rings. The summed E-state index contributed by atoms with van der Waals surface area (Å²) in [5, 5.41) is 9.38. The van der Waals surface area contributed by atoms with Gasteiger partial charge in [-0.1, -0.05) is 74.4 Å². The van der Waals surface area contributed by atoms with Crippen molar-refractivity contribution in [2.45, 2.75) is 70.5 Å². The highest BCUT2D eigenvalue weighted by Gasteiger charge is 2.70. The van der Waals surface area contributed by atoms with Crippen LogP contribution in [-0.4, -0.2) is 29.5 Å². The van der Waals surface area contributed by atoms with Crippen molar-refractivity contribution in [1.29, 1.82) is 0 Å². The Kier molecular flexibility index (Phi) is 9.29. The zero-order valence-corrected chi connectivity index (χ0v) is 23.0. The summed E-state index contributed by atoms with van der Waals surface area (Å²) in [7, 11) is 0. The highest BCUT2D eigenvalue weighted by molar-refractivity contribution is 5.68. The molecule has 0 amide bonds. The average molecular weight is 577 g/mol. The third kappa shape index (κ3) is 6.28. The summed E-state index contributed by atoms with van der Waals surface area (Å²) in [5.74, 6) is 2.93. The molecule has 0 bridgehead atoms. The van der Waals surface area contributed by atoms with Crippen LogP contribution < -0.4 is 0 Å². The molecule has 0 saturated heterocycles. The molecule has 3 aromatic rings. The van der Waals surface area contributed by atoms with Gasteiger partial charge in [0.2, 0.25) is 0 Å². The summed E-state index contributed by atoms with van der Waals surface area (Å²) < 4.78 is 83.1. The van der Waals surface area contributed by atoms with Gasteiger partial charge in [-0.05, 0) is 77.6 Å². The SMILES string of the molecule is CCC(CC)(c1ccc(C#CC(O)(C(F)(F)F)C(F)(F)F)c(C)c1)c1ccc(-c2ccc(COC=O)cc2)c(C)c1. The molecule has 3 aromatic carbocycles. The van der Waals surface area contributed by atoms with Crippen LogP contribution in [-0.2, 0) is 21.6 Å². The van der Waals surface area contributed by atoms with Crippen molar-refractivity contribution in [3.8, 4) is 23.0 Å². The van der Waals surface area contributed by atoms with Crippen molar-refractivity contribution in [2.75, 3.05) is 0 Å². The number of ether oxygens (including phenoxy) is 1. The van der Waals surface area contributed by atoms with Gasteiger partial charge in [0, 0.05) is 11.0 Å². The van der Waals surface area contributed by atoms with Crippen molar-refractivity contribution >= 4 is 6.47 Å². The second kappa shape index (κ2) is 12.0. The zero-order valence-electron chi connectivity index (χ0n) is 23.0. The molecule has 0 atom stereocenters. The monoisotopic (exact) mass is 576 g/mol. The van der Waals surface area contributed by atoms with Crippen molar-refractivity contribution < 1.29 is 41.0 Å². The number of aryl methyl sites for hydroxylation is 2. The van der Waals surface area contributed by atoms with Crippen molar-refractivity contribution in [2.24, 2.45) is 0 Å². The molecule has 0 aliphatic rings. The molecular formula is C32H30F6O3. The predicted octanol–water partition coefficient (Wildman–Crippen LogP) is 7.96. The van der Waals surface area contributed by atoms with E-state index in [1.54, 1.807) is 19.1 Å². The fourth-order valence-corrected chi connectivity index (χ4v) is 4.99. The Bertz CT molecular complexity index is 1430. The lowest BCUT2D eigenvalue weighted by Gasteiger charge is -2.34. The molecule has 0 unspecified atom stereocenters. The van der Waals surface area contributed by atoms with Gasteiger partial charge in [0.15, 0.2) is 0 Å². The molecule has 218 valence electrons. The molecule has 3 rings (SSSR count). The average Bonchev–Trinajstić information content (AvgIpc) is 2.91. The fraction of sp³-hybridized carbons (Fsp3) is 0.344. The predicted molar refractivity (Wildman–Crippen MR) is 144 cm³/mol. The molecule has 1 N–H and O–H groups in total. The number of hydrogen-bond donors (Lipinski definition) is 1. The topological polar surface area (TPSA) is 46.5 Å². The van der Waals surface area contributed by atoms with Crippen LogP contribution in [0.4, 0.5) is 26.3 Å². The number of halogens is 6. The van der Waals surface area contributed by atoms with E-state index in [1.807, 2.05) is 63.1 Å². The minimum absolute atomic E-state index is 0.0460. The lowest BCUT2D eigenvalue weighted by Crippen LogP contribution is -2.55. The first kappa shape index (κ1) is 31.8. The molecule has 0 aromatic heterocycles. The first-order valence-electron chi connectivity index (χ1n) is 12.9. The maximum absolute atomic E-state index is 13.0. The van der Waals surface area contributed by atoms with E-state index in [0.717, 1.165) is 39.3 Å². The number of benzene rings is 3. The van der Waals surface area contributed by atoms with E-state index in [0.29, 0.717) is 24.9 Å². The standard InChI is InChI=1S/C32H30F6O3/c1-5-29(6-2,27-13-14-28(22(4)18-27)25-9-7-23(8-10-25)19-41-20-39)26-12-11-24(21(3)17-26)15-16-30(40,31(33,34)35)32(36,37)38/h7-14,17-18,20,40H,5-6,19H2,1-4H3. The van der Waals surface area contributed by atoms with Crippen LogP contribution in [0.2, 0.25) is 0 Å². The van der Waals surface area contributed by atoms with Crippen LogP contribution in [0.3, 0.4) is 0 Å². The molecule has 0 spiro atoms. The molecule has 0 radical (unpaired) electrons. The lowest BCUT2D eigenvalue weighted by atomic mass is 9.69. The number of hydrogen-bond acceptors (Lipinski definition) is 3. The van der Waals surface area contributed by atoms with E-state index in [-0.39, 0.29) is 12.2 Å². The van der Waals surface area contributed by atoms with Gasteiger partial charge < -0.3 is 9.84 Å². The van der Waals surface area contributed by atoms with E-state index < -0.39 is 23.4 Å². The van der Waals surface area contributed by atoms with Crippen LogP contribution in [0.1, 0.15) is 60.1 Å². The quantitative estimate of drug-likeness (QED) is 0.168. The summed E-state index contributed by atoms with van der Waals surface area (Å²) in [6, 6.07) is 18.5. The van der Waals surface area contributed by atoms with Crippen LogP contribution >= 0.6 is 0 Å². The Morgan fingerprint density at radius 1 is 0.805 bits per heavy atom. The van der Waals surface area contributed by atoms with Gasteiger partial charge in [0.1, 0.15) is 6.61 Å². The maximum atomic E-state index is 13.0. The van der Waals surface area contributed by atoms with Gasteiger partial charge in [-0.3, -0.25) is 4.79 Å². The molecule has 0 aliphatic carbocycles. The largest absolute Gasteiger partial charge is 0.463 e. The Morgan fingerprint density at radius 2 is 1.34 bits per heavy atom.